The number of benzene rings is 3. The molecule has 35 heavy (non-hydrogen) atoms. The van der Waals surface area contributed by atoms with Gasteiger partial charge in [0.2, 0.25) is 0 Å². The smallest absolute Gasteiger partial charge is 0.416 e. The second kappa shape index (κ2) is 8.65. The van der Waals surface area contributed by atoms with E-state index in [1.165, 1.54) is 6.07 Å². The molecule has 7 heteroatoms. The number of carbonyl (C=O) groups excluding carboxylic acids is 1. The molecule has 2 heterocycles. The summed E-state index contributed by atoms with van der Waals surface area (Å²) in [5.74, 6) is 0.679. The summed E-state index contributed by atoms with van der Waals surface area (Å²) in [6.07, 6.45) is -5.14. The molecule has 0 radical (unpaired) electrons. The van der Waals surface area contributed by atoms with E-state index in [0.29, 0.717) is 22.6 Å². The zero-order chi connectivity index (χ0) is 24.7. The highest BCUT2D eigenvalue weighted by Crippen LogP contribution is 2.41. The van der Waals surface area contributed by atoms with Crippen molar-refractivity contribution < 1.29 is 22.4 Å². The number of nitrogens with zero attached hydrogens (tertiary/aromatic N) is 1. The van der Waals surface area contributed by atoms with Gasteiger partial charge in [-0.15, -0.1) is 0 Å². The predicted octanol–water partition coefficient (Wildman–Crippen LogP) is 7.86. The van der Waals surface area contributed by atoms with Crippen LogP contribution in [0.4, 0.5) is 24.5 Å². The van der Waals surface area contributed by atoms with Gasteiger partial charge in [0.05, 0.1) is 16.8 Å². The molecule has 0 saturated carbocycles. The van der Waals surface area contributed by atoms with Crippen molar-refractivity contribution in [2.24, 2.45) is 0 Å². The molecule has 0 bridgehead atoms. The fraction of sp³-hybridized carbons (Fsp3) is 0.179. The van der Waals surface area contributed by atoms with Gasteiger partial charge in [0.25, 0.3) is 5.91 Å². The molecular formula is C28H23F3N2O2. The monoisotopic (exact) mass is 476 g/mol. The van der Waals surface area contributed by atoms with Crippen LogP contribution in [0.25, 0.3) is 11.3 Å². The first kappa shape index (κ1) is 22.8. The van der Waals surface area contributed by atoms with Crippen molar-refractivity contribution in [1.82, 2.24) is 0 Å². The van der Waals surface area contributed by atoms with E-state index >= 15 is 0 Å². The van der Waals surface area contributed by atoms with Crippen LogP contribution in [0.1, 0.15) is 53.2 Å². The van der Waals surface area contributed by atoms with Gasteiger partial charge in [-0.25, -0.2) is 0 Å². The van der Waals surface area contributed by atoms with Gasteiger partial charge in [-0.2, -0.15) is 13.2 Å². The van der Waals surface area contributed by atoms with E-state index in [9.17, 15) is 18.0 Å². The molecule has 0 fully saturated rings. The van der Waals surface area contributed by atoms with E-state index in [-0.39, 0.29) is 17.6 Å². The lowest BCUT2D eigenvalue weighted by Crippen LogP contribution is -2.43. The minimum absolute atomic E-state index is 0.161. The molecule has 4 nitrogen and oxygen atoms in total. The Hall–Kier alpha value is -4.00. The standard InChI is InChI=1S/C28H23F3N2O2/c1-17(2)20-10-4-6-13-23(20)33-26(32-22-12-5-3-11-21(22)27(33)34)25-15-14-24(35-25)18-8-7-9-19(16-18)28(29,30)31/h3-17,26,32H,1-2H3/t26-/m1/s1. The average molecular weight is 476 g/mol. The summed E-state index contributed by atoms with van der Waals surface area (Å²) in [5, 5.41) is 3.39. The lowest BCUT2D eigenvalue weighted by molar-refractivity contribution is -0.137. The Balaban J connectivity index is 1.61. The number of halogens is 3. The topological polar surface area (TPSA) is 45.5 Å². The van der Waals surface area contributed by atoms with Crippen molar-refractivity contribution in [3.05, 3.63) is 107 Å². The van der Waals surface area contributed by atoms with Crippen molar-refractivity contribution in [2.75, 3.05) is 10.2 Å². The van der Waals surface area contributed by atoms with Crippen LogP contribution in [0, 0.1) is 0 Å². The van der Waals surface area contributed by atoms with Crippen molar-refractivity contribution >= 4 is 17.3 Å². The summed E-state index contributed by atoms with van der Waals surface area (Å²) in [6.45, 7) is 4.12. The maximum absolute atomic E-state index is 13.7. The number of amides is 1. The zero-order valence-electron chi connectivity index (χ0n) is 19.1. The highest BCUT2D eigenvalue weighted by Gasteiger charge is 2.37. The molecule has 3 aromatic carbocycles. The van der Waals surface area contributed by atoms with E-state index in [4.69, 9.17) is 4.42 Å². The molecule has 178 valence electrons. The molecule has 0 spiro atoms. The van der Waals surface area contributed by atoms with Gasteiger partial charge in [0, 0.05) is 11.3 Å². The summed E-state index contributed by atoms with van der Waals surface area (Å²) < 4.78 is 45.7. The van der Waals surface area contributed by atoms with E-state index in [1.807, 2.05) is 42.5 Å². The largest absolute Gasteiger partial charge is 0.457 e. The minimum atomic E-state index is -4.45. The molecular weight excluding hydrogens is 453 g/mol. The summed E-state index contributed by atoms with van der Waals surface area (Å²) in [7, 11) is 0. The van der Waals surface area contributed by atoms with Crippen LogP contribution >= 0.6 is 0 Å². The van der Waals surface area contributed by atoms with Gasteiger partial charge in [-0.1, -0.05) is 56.3 Å². The number of hydrogen-bond acceptors (Lipinski definition) is 3. The summed E-state index contributed by atoms with van der Waals surface area (Å²) in [5.41, 5.74) is 2.50. The van der Waals surface area contributed by atoms with Crippen molar-refractivity contribution in [3.8, 4) is 11.3 Å². The van der Waals surface area contributed by atoms with Crippen LogP contribution in [0.15, 0.2) is 89.3 Å². The highest BCUT2D eigenvalue weighted by atomic mass is 19.4. The van der Waals surface area contributed by atoms with Gasteiger partial charge >= 0.3 is 6.18 Å². The summed E-state index contributed by atoms with van der Waals surface area (Å²) in [6, 6.07) is 23.3. The first-order chi connectivity index (χ1) is 16.7. The summed E-state index contributed by atoms with van der Waals surface area (Å²) >= 11 is 0. The lowest BCUT2D eigenvalue weighted by Gasteiger charge is -2.38. The van der Waals surface area contributed by atoms with Gasteiger partial charge in [-0.3, -0.25) is 9.69 Å². The Morgan fingerprint density at radius 1 is 0.914 bits per heavy atom. The number of rotatable bonds is 4. The third-order valence-corrected chi connectivity index (χ3v) is 6.12. The molecule has 4 aromatic rings. The number of furan rings is 1. The number of hydrogen-bond donors (Lipinski definition) is 1. The van der Waals surface area contributed by atoms with E-state index in [1.54, 1.807) is 29.2 Å². The fourth-order valence-electron chi connectivity index (χ4n) is 4.40. The van der Waals surface area contributed by atoms with Crippen molar-refractivity contribution in [2.45, 2.75) is 32.1 Å². The van der Waals surface area contributed by atoms with Gasteiger partial charge in [0.1, 0.15) is 11.5 Å². The molecule has 0 saturated heterocycles. The van der Waals surface area contributed by atoms with Crippen LogP contribution in [0.3, 0.4) is 0 Å². The average Bonchev–Trinajstić information content (AvgIpc) is 3.34. The minimum Gasteiger partial charge on any atom is -0.457 e. The van der Waals surface area contributed by atoms with Gasteiger partial charge in [0.15, 0.2) is 6.17 Å². The highest BCUT2D eigenvalue weighted by molar-refractivity contribution is 6.12. The summed E-state index contributed by atoms with van der Waals surface area (Å²) in [4.78, 5) is 15.4. The molecule has 1 aromatic heterocycles. The number of carbonyl (C=O) groups is 1. The van der Waals surface area contributed by atoms with Crippen molar-refractivity contribution in [3.63, 3.8) is 0 Å². The number of fused-ring (bicyclic) bond motifs is 1. The van der Waals surface area contributed by atoms with E-state index < -0.39 is 17.9 Å². The molecule has 0 unspecified atom stereocenters. The van der Waals surface area contributed by atoms with Crippen LogP contribution in [-0.4, -0.2) is 5.91 Å². The first-order valence-electron chi connectivity index (χ1n) is 11.3. The van der Waals surface area contributed by atoms with Crippen LogP contribution < -0.4 is 10.2 Å². The Morgan fingerprint density at radius 3 is 2.43 bits per heavy atom. The van der Waals surface area contributed by atoms with Gasteiger partial charge < -0.3 is 9.73 Å². The Kier molecular flexibility index (Phi) is 5.63. The van der Waals surface area contributed by atoms with Crippen LogP contribution in [-0.2, 0) is 6.18 Å². The van der Waals surface area contributed by atoms with E-state index in [0.717, 1.165) is 23.4 Å². The quantitative estimate of drug-likeness (QED) is 0.326. The third kappa shape index (κ3) is 4.18. The molecule has 1 aliphatic heterocycles. The maximum atomic E-state index is 13.7. The molecule has 1 amide bonds. The number of nitrogens with one attached hydrogen (secondary N) is 1. The SMILES string of the molecule is CC(C)c1ccccc1N1C(=O)c2ccccc2N[C@H]1c1ccc(-c2cccc(C(F)(F)F)c2)o1. The predicted molar refractivity (Wildman–Crippen MR) is 129 cm³/mol. The van der Waals surface area contributed by atoms with E-state index in [2.05, 4.69) is 19.2 Å². The van der Waals surface area contributed by atoms with Crippen LogP contribution in [0.5, 0.6) is 0 Å². The second-order valence-electron chi connectivity index (χ2n) is 8.76. The number of alkyl halides is 3. The fourth-order valence-corrected chi connectivity index (χ4v) is 4.40. The second-order valence-corrected chi connectivity index (χ2v) is 8.76. The number of para-hydroxylation sites is 2. The Morgan fingerprint density at radius 2 is 1.66 bits per heavy atom. The normalized spacial score (nSPS) is 15.8. The maximum Gasteiger partial charge on any atom is 0.416 e. The van der Waals surface area contributed by atoms with Crippen LogP contribution in [0.2, 0.25) is 0 Å². The molecule has 0 aliphatic carbocycles. The Bertz CT molecular complexity index is 1390. The third-order valence-electron chi connectivity index (χ3n) is 6.12. The molecule has 1 aliphatic rings. The van der Waals surface area contributed by atoms with Gasteiger partial charge in [-0.05, 0) is 53.9 Å². The molecule has 1 atom stereocenters. The van der Waals surface area contributed by atoms with Crippen molar-refractivity contribution in [1.29, 1.82) is 0 Å². The molecule has 5 rings (SSSR count). The number of anilines is 2. The molecule has 1 N–H and O–H groups in total. The Labute approximate surface area is 201 Å². The first-order valence-corrected chi connectivity index (χ1v) is 11.3. The lowest BCUT2D eigenvalue weighted by atomic mass is 9.98. The zero-order valence-corrected chi connectivity index (χ0v) is 19.1.